The highest BCUT2D eigenvalue weighted by atomic mass is 127. The second-order valence-electron chi connectivity index (χ2n) is 8.10. The molecule has 6 nitrogen and oxygen atoms in total. The Morgan fingerprint density at radius 2 is 1.97 bits per heavy atom. The molecular weight excluding hydrogens is 653 g/mol. The summed E-state index contributed by atoms with van der Waals surface area (Å²) in [5, 5.41) is 22.6. The summed E-state index contributed by atoms with van der Waals surface area (Å²) in [6.07, 6.45) is 5.37. The zero-order chi connectivity index (χ0) is 25.7. The lowest BCUT2D eigenvalue weighted by molar-refractivity contribution is -0.112. The zero-order valence-electron chi connectivity index (χ0n) is 19.4. The molecule has 3 aromatic rings. The molecule has 1 N–H and O–H groups in total. The lowest BCUT2D eigenvalue weighted by Crippen LogP contribution is -2.13. The highest BCUT2D eigenvalue weighted by Crippen LogP contribution is 2.39. The Balaban J connectivity index is 1.55. The first-order valence-corrected chi connectivity index (χ1v) is 13.8. The molecule has 36 heavy (non-hydrogen) atoms. The van der Waals surface area contributed by atoms with E-state index in [1.165, 1.54) is 24.5 Å². The monoisotopic (exact) mass is 673 g/mol. The fourth-order valence-electron chi connectivity index (χ4n) is 3.96. The largest absolute Gasteiger partial charge is 0.493 e. The van der Waals surface area contributed by atoms with Crippen LogP contribution in [0.3, 0.4) is 0 Å². The van der Waals surface area contributed by atoms with Gasteiger partial charge in [-0.15, -0.1) is 11.3 Å². The fraction of sp³-hybridized carbons (Fsp3) is 0.222. The van der Waals surface area contributed by atoms with Crippen molar-refractivity contribution in [2.75, 3.05) is 12.4 Å². The topological polar surface area (TPSA) is 95.1 Å². The molecule has 1 amide bonds. The van der Waals surface area contributed by atoms with Gasteiger partial charge in [-0.3, -0.25) is 4.79 Å². The van der Waals surface area contributed by atoms with E-state index in [-0.39, 0.29) is 5.57 Å². The Labute approximate surface area is 235 Å². The first kappa shape index (κ1) is 26.2. The van der Waals surface area contributed by atoms with Crippen LogP contribution in [0.5, 0.6) is 11.5 Å². The Morgan fingerprint density at radius 3 is 2.67 bits per heavy atom. The Kier molecular flexibility index (Phi) is 8.68. The van der Waals surface area contributed by atoms with Crippen molar-refractivity contribution in [1.82, 2.24) is 0 Å². The molecule has 0 bridgehead atoms. The number of halogens is 2. The van der Waals surface area contributed by atoms with Crippen LogP contribution in [0, 0.1) is 26.2 Å². The molecular formula is C27H21BrIN3O3S. The van der Waals surface area contributed by atoms with Crippen molar-refractivity contribution in [3.05, 3.63) is 77.1 Å². The summed E-state index contributed by atoms with van der Waals surface area (Å²) in [4.78, 5) is 14.1. The molecule has 4 rings (SSSR count). The number of rotatable bonds is 7. The van der Waals surface area contributed by atoms with Crippen molar-refractivity contribution in [3.63, 3.8) is 0 Å². The van der Waals surface area contributed by atoms with Crippen molar-refractivity contribution in [3.8, 4) is 23.6 Å². The van der Waals surface area contributed by atoms with E-state index in [2.05, 4.69) is 49.9 Å². The van der Waals surface area contributed by atoms with Gasteiger partial charge in [0.1, 0.15) is 29.3 Å². The van der Waals surface area contributed by atoms with Gasteiger partial charge in [0.05, 0.1) is 17.1 Å². The third-order valence-corrected chi connectivity index (χ3v) is 8.25. The lowest BCUT2D eigenvalue weighted by atomic mass is 9.96. The molecule has 0 saturated carbocycles. The van der Waals surface area contributed by atoms with Gasteiger partial charge < -0.3 is 14.8 Å². The number of aryl methyl sites for hydroxylation is 1. The third-order valence-electron chi connectivity index (χ3n) is 5.73. The first-order valence-electron chi connectivity index (χ1n) is 11.2. The van der Waals surface area contributed by atoms with E-state index in [1.807, 2.05) is 30.3 Å². The number of nitriles is 2. The maximum absolute atomic E-state index is 12.9. The minimum absolute atomic E-state index is 0.0771. The molecule has 0 atom stereocenters. The number of hydrogen-bond donors (Lipinski definition) is 1. The van der Waals surface area contributed by atoms with E-state index < -0.39 is 5.91 Å². The molecule has 0 saturated heterocycles. The van der Waals surface area contributed by atoms with Crippen LogP contribution in [0.25, 0.3) is 6.08 Å². The second kappa shape index (κ2) is 11.9. The van der Waals surface area contributed by atoms with Crippen molar-refractivity contribution in [2.24, 2.45) is 0 Å². The summed E-state index contributed by atoms with van der Waals surface area (Å²) in [7, 11) is 1.53. The number of carbonyl (C=O) groups excluding carboxylic acids is 1. The number of fused-ring (bicyclic) bond motifs is 1. The molecule has 1 aliphatic rings. The molecule has 1 aromatic heterocycles. The number of carbonyl (C=O) groups is 1. The van der Waals surface area contributed by atoms with E-state index in [0.29, 0.717) is 38.7 Å². The summed E-state index contributed by atoms with van der Waals surface area (Å²) in [5.74, 6) is 0.442. The molecule has 1 aliphatic carbocycles. The number of amides is 1. The smallest absolute Gasteiger partial charge is 0.266 e. The first-order chi connectivity index (χ1) is 17.4. The summed E-state index contributed by atoms with van der Waals surface area (Å²) in [6, 6.07) is 15.7. The highest BCUT2D eigenvalue weighted by molar-refractivity contribution is 14.1. The summed E-state index contributed by atoms with van der Waals surface area (Å²) in [6.45, 7) is 0.360. The van der Waals surface area contributed by atoms with E-state index in [9.17, 15) is 15.3 Å². The number of nitrogens with zero attached hydrogens (tertiary/aromatic N) is 2. The van der Waals surface area contributed by atoms with Crippen LogP contribution in [-0.2, 0) is 24.2 Å². The average molecular weight is 674 g/mol. The number of nitrogens with one attached hydrogen (secondary N) is 1. The molecule has 0 spiro atoms. The summed E-state index contributed by atoms with van der Waals surface area (Å²) >= 11 is 7.21. The minimum Gasteiger partial charge on any atom is -0.493 e. The van der Waals surface area contributed by atoms with Crippen molar-refractivity contribution in [2.45, 2.75) is 32.3 Å². The van der Waals surface area contributed by atoms with Crippen molar-refractivity contribution in [1.29, 1.82) is 10.5 Å². The SMILES string of the molecule is COc1cc(/C=C(\C#N)C(=O)Nc2sc3c(c2C#N)CCCC3)cc(Br)c1OCc1ccc(I)cc1. The maximum Gasteiger partial charge on any atom is 0.266 e. The normalized spacial score (nSPS) is 12.8. The van der Waals surface area contributed by atoms with Crippen LogP contribution in [0.15, 0.2) is 46.4 Å². The number of hydrogen-bond acceptors (Lipinski definition) is 6. The molecule has 182 valence electrons. The number of anilines is 1. The quantitative estimate of drug-likeness (QED) is 0.166. The van der Waals surface area contributed by atoms with Crippen LogP contribution in [0.2, 0.25) is 0 Å². The Hall–Kier alpha value is -2.86. The van der Waals surface area contributed by atoms with Crippen LogP contribution in [-0.4, -0.2) is 13.0 Å². The number of thiophene rings is 1. The van der Waals surface area contributed by atoms with Gasteiger partial charge in [0.25, 0.3) is 5.91 Å². The standard InChI is InChI=1S/C27H21BrIN3O3S/c1-34-23-12-17(11-22(28)25(23)35-15-16-6-8-19(29)9-7-16)10-18(13-30)26(33)32-27-21(14-31)20-4-2-3-5-24(20)36-27/h6-12H,2-5,15H2,1H3,(H,32,33)/b18-10+. The van der Waals surface area contributed by atoms with Gasteiger partial charge >= 0.3 is 0 Å². The molecule has 0 aliphatic heterocycles. The molecule has 9 heteroatoms. The Morgan fingerprint density at radius 1 is 1.22 bits per heavy atom. The number of methoxy groups -OCH3 is 1. The van der Waals surface area contributed by atoms with E-state index in [0.717, 1.165) is 45.3 Å². The number of ether oxygens (including phenoxy) is 2. The van der Waals surface area contributed by atoms with E-state index >= 15 is 0 Å². The summed E-state index contributed by atoms with van der Waals surface area (Å²) in [5.41, 5.74) is 3.08. The predicted octanol–water partition coefficient (Wildman–Crippen LogP) is 7.00. The van der Waals surface area contributed by atoms with Crippen molar-refractivity contribution < 1.29 is 14.3 Å². The second-order valence-corrected chi connectivity index (χ2v) is 11.3. The Bertz CT molecular complexity index is 1420. The van der Waals surface area contributed by atoms with Crippen molar-refractivity contribution >= 4 is 66.8 Å². The van der Waals surface area contributed by atoms with Gasteiger partial charge in [0, 0.05) is 8.45 Å². The molecule has 0 fully saturated rings. The highest BCUT2D eigenvalue weighted by Gasteiger charge is 2.23. The van der Waals surface area contributed by atoms with Gasteiger partial charge in [-0.05, 0) is 111 Å². The fourth-order valence-corrected chi connectivity index (χ4v) is 6.13. The average Bonchev–Trinajstić information content (AvgIpc) is 3.24. The predicted molar refractivity (Wildman–Crippen MR) is 152 cm³/mol. The number of benzene rings is 2. The third kappa shape index (κ3) is 5.92. The van der Waals surface area contributed by atoms with Crippen LogP contribution < -0.4 is 14.8 Å². The zero-order valence-corrected chi connectivity index (χ0v) is 23.9. The van der Waals surface area contributed by atoms with Crippen LogP contribution >= 0.6 is 49.9 Å². The molecule has 2 aromatic carbocycles. The maximum atomic E-state index is 12.9. The molecule has 0 unspecified atom stereocenters. The molecule has 0 radical (unpaired) electrons. The van der Waals surface area contributed by atoms with Crippen LogP contribution in [0.4, 0.5) is 5.00 Å². The van der Waals surface area contributed by atoms with Gasteiger partial charge in [-0.25, -0.2) is 0 Å². The summed E-state index contributed by atoms with van der Waals surface area (Å²) < 4.78 is 13.3. The van der Waals surface area contributed by atoms with E-state index in [1.54, 1.807) is 12.1 Å². The van der Waals surface area contributed by atoms with E-state index in [4.69, 9.17) is 9.47 Å². The molecule has 1 heterocycles. The van der Waals surface area contributed by atoms with Gasteiger partial charge in [0.2, 0.25) is 0 Å². The van der Waals surface area contributed by atoms with Gasteiger partial charge in [-0.2, -0.15) is 10.5 Å². The minimum atomic E-state index is -0.554. The lowest BCUT2D eigenvalue weighted by Gasteiger charge is -2.14. The van der Waals surface area contributed by atoms with Gasteiger partial charge in [-0.1, -0.05) is 12.1 Å². The van der Waals surface area contributed by atoms with Gasteiger partial charge in [0.15, 0.2) is 11.5 Å². The van der Waals surface area contributed by atoms with Crippen LogP contribution in [0.1, 0.15) is 40.0 Å².